The Hall–Kier alpha value is -1.42. The molecule has 0 atom stereocenters. The lowest BCUT2D eigenvalue weighted by atomic mass is 10.1. The van der Waals surface area contributed by atoms with Gasteiger partial charge in [-0.15, -0.1) is 0 Å². The van der Waals surface area contributed by atoms with E-state index in [1.54, 1.807) is 6.07 Å². The van der Waals surface area contributed by atoms with Crippen molar-refractivity contribution in [2.45, 2.75) is 31.7 Å². The van der Waals surface area contributed by atoms with E-state index < -0.39 is 5.82 Å². The van der Waals surface area contributed by atoms with Crippen molar-refractivity contribution in [1.29, 1.82) is 0 Å². The van der Waals surface area contributed by atoms with Crippen LogP contribution in [0.25, 0.3) is 0 Å². The highest BCUT2D eigenvalue weighted by atomic mass is 19.1. The van der Waals surface area contributed by atoms with Crippen LogP contribution in [-0.2, 0) is 0 Å². The van der Waals surface area contributed by atoms with Gasteiger partial charge < -0.3 is 4.74 Å². The number of carbonyl (C=O) groups is 1. The van der Waals surface area contributed by atoms with Gasteiger partial charge >= 0.3 is 0 Å². The Balaban J connectivity index is 1.66. The van der Waals surface area contributed by atoms with Gasteiger partial charge in [0.25, 0.3) is 0 Å². The molecule has 2 aliphatic rings. The number of hydrogen-bond acceptors (Lipinski definition) is 3. The van der Waals surface area contributed by atoms with Crippen molar-refractivity contribution in [3.05, 3.63) is 29.6 Å². The van der Waals surface area contributed by atoms with E-state index in [4.69, 9.17) is 4.74 Å². The second kappa shape index (κ2) is 5.52. The molecule has 0 N–H and O–H groups in total. The summed E-state index contributed by atoms with van der Waals surface area (Å²) < 4.78 is 18.5. The first-order valence-electron chi connectivity index (χ1n) is 7.28. The van der Waals surface area contributed by atoms with Gasteiger partial charge in [-0.2, -0.15) is 0 Å². The van der Waals surface area contributed by atoms with Crippen LogP contribution in [0.1, 0.15) is 36.0 Å². The minimum absolute atomic E-state index is 0.000830. The van der Waals surface area contributed by atoms with E-state index >= 15 is 0 Å². The highest BCUT2D eigenvalue weighted by Gasteiger charge is 2.34. The highest BCUT2D eigenvalue weighted by Crippen LogP contribution is 2.34. The molecule has 0 spiro atoms. The molecule has 3 rings (SSSR count). The maximum absolute atomic E-state index is 13.6. The fourth-order valence-electron chi connectivity index (χ4n) is 2.53. The summed E-state index contributed by atoms with van der Waals surface area (Å²) in [6, 6.07) is 5.02. The molecule has 2 fully saturated rings. The lowest BCUT2D eigenvalue weighted by Gasteiger charge is -2.21. The number of ether oxygens (including phenoxy) is 1. The van der Waals surface area contributed by atoms with Crippen molar-refractivity contribution >= 4 is 5.78 Å². The summed E-state index contributed by atoms with van der Waals surface area (Å²) in [4.78, 5) is 14.6. The predicted molar refractivity (Wildman–Crippen MR) is 74.6 cm³/mol. The molecular formula is C16H20FNO2. The number of nitrogens with zero attached hydrogens (tertiary/aromatic N) is 1. The van der Waals surface area contributed by atoms with Crippen LogP contribution in [0.4, 0.5) is 4.39 Å². The second-order valence-corrected chi connectivity index (χ2v) is 5.88. The maximum atomic E-state index is 13.6. The van der Waals surface area contributed by atoms with Crippen LogP contribution in [0.2, 0.25) is 0 Å². The molecule has 0 bridgehead atoms. The number of rotatable bonds is 7. The number of ketones is 1. The Morgan fingerprint density at radius 3 is 2.65 bits per heavy atom. The topological polar surface area (TPSA) is 29.5 Å². The van der Waals surface area contributed by atoms with Gasteiger partial charge in [0.05, 0.1) is 13.7 Å². The van der Waals surface area contributed by atoms with Crippen LogP contribution in [0, 0.1) is 11.7 Å². The Morgan fingerprint density at radius 1 is 1.35 bits per heavy atom. The Kier molecular flexibility index (Phi) is 3.74. The minimum atomic E-state index is -0.474. The van der Waals surface area contributed by atoms with Crippen molar-refractivity contribution in [2.24, 2.45) is 5.92 Å². The molecule has 1 aromatic rings. The fraction of sp³-hybridized carbons (Fsp3) is 0.562. The monoisotopic (exact) mass is 277 g/mol. The average molecular weight is 277 g/mol. The Morgan fingerprint density at radius 2 is 2.10 bits per heavy atom. The van der Waals surface area contributed by atoms with Crippen molar-refractivity contribution in [3.63, 3.8) is 0 Å². The largest absolute Gasteiger partial charge is 0.494 e. The van der Waals surface area contributed by atoms with Crippen LogP contribution < -0.4 is 4.74 Å². The molecule has 0 aromatic heterocycles. The predicted octanol–water partition coefficient (Wildman–Crippen LogP) is 2.89. The van der Waals surface area contributed by atoms with Crippen LogP contribution in [0.5, 0.6) is 5.75 Å². The Bertz CT molecular complexity index is 509. The first kappa shape index (κ1) is 13.6. The Labute approximate surface area is 118 Å². The van der Waals surface area contributed by atoms with Gasteiger partial charge in [0.1, 0.15) is 0 Å². The van der Waals surface area contributed by atoms with E-state index in [1.807, 2.05) is 0 Å². The van der Waals surface area contributed by atoms with Crippen LogP contribution in [0.3, 0.4) is 0 Å². The van der Waals surface area contributed by atoms with E-state index in [0.717, 1.165) is 12.5 Å². The molecule has 0 saturated heterocycles. The van der Waals surface area contributed by atoms with Gasteiger partial charge in [-0.3, -0.25) is 9.69 Å². The van der Waals surface area contributed by atoms with E-state index in [1.165, 1.54) is 44.9 Å². The molecule has 0 radical (unpaired) electrons. The van der Waals surface area contributed by atoms with E-state index in [9.17, 15) is 9.18 Å². The van der Waals surface area contributed by atoms with Crippen molar-refractivity contribution in [1.82, 2.24) is 4.90 Å². The molecule has 0 unspecified atom stereocenters. The lowest BCUT2D eigenvalue weighted by Crippen LogP contribution is -2.33. The molecule has 3 nitrogen and oxygen atoms in total. The zero-order valence-electron chi connectivity index (χ0n) is 11.8. The van der Waals surface area contributed by atoms with Gasteiger partial charge in [-0.1, -0.05) is 0 Å². The molecule has 1 aromatic carbocycles. The first-order chi connectivity index (χ1) is 9.67. The van der Waals surface area contributed by atoms with Crippen LogP contribution >= 0.6 is 0 Å². The van der Waals surface area contributed by atoms with Gasteiger partial charge in [-0.25, -0.2) is 4.39 Å². The number of halogens is 1. The normalized spacial score (nSPS) is 18.4. The third-order valence-corrected chi connectivity index (χ3v) is 4.07. The molecule has 0 heterocycles. The number of benzene rings is 1. The average Bonchev–Trinajstić information content (AvgIpc) is 3.30. The summed E-state index contributed by atoms with van der Waals surface area (Å²) in [7, 11) is 1.42. The lowest BCUT2D eigenvalue weighted by molar-refractivity contribution is 0.0920. The maximum Gasteiger partial charge on any atom is 0.176 e. The van der Waals surface area contributed by atoms with Gasteiger partial charge in [0.2, 0.25) is 0 Å². The standard InChI is InChI=1S/C16H20FNO2/c1-20-16-7-4-12(8-14(16)17)15(19)10-18(13-5-6-13)9-11-2-3-11/h4,7-8,11,13H,2-3,5-6,9-10H2,1H3. The third kappa shape index (κ3) is 3.18. The van der Waals surface area contributed by atoms with Crippen molar-refractivity contribution < 1.29 is 13.9 Å². The molecule has 0 amide bonds. The summed E-state index contributed by atoms with van der Waals surface area (Å²) in [5.74, 6) is 0.479. The van der Waals surface area contributed by atoms with Gasteiger partial charge in [-0.05, 0) is 49.8 Å². The molecule has 0 aliphatic heterocycles. The summed E-state index contributed by atoms with van der Waals surface area (Å²) in [5, 5.41) is 0. The molecule has 2 saturated carbocycles. The summed E-state index contributed by atoms with van der Waals surface area (Å²) in [5.41, 5.74) is 0.435. The summed E-state index contributed by atoms with van der Waals surface area (Å²) in [6.07, 6.45) is 4.96. The van der Waals surface area contributed by atoms with Gasteiger partial charge in [0.15, 0.2) is 17.3 Å². The third-order valence-electron chi connectivity index (χ3n) is 4.07. The molecule has 20 heavy (non-hydrogen) atoms. The minimum Gasteiger partial charge on any atom is -0.494 e. The van der Waals surface area contributed by atoms with E-state index in [2.05, 4.69) is 4.90 Å². The van der Waals surface area contributed by atoms with Crippen molar-refractivity contribution in [3.8, 4) is 5.75 Å². The summed E-state index contributed by atoms with van der Waals surface area (Å²) in [6.45, 7) is 1.43. The van der Waals surface area contributed by atoms with E-state index in [-0.39, 0.29) is 11.5 Å². The molecule has 2 aliphatic carbocycles. The number of methoxy groups -OCH3 is 1. The fourth-order valence-corrected chi connectivity index (χ4v) is 2.53. The van der Waals surface area contributed by atoms with E-state index in [0.29, 0.717) is 18.2 Å². The molecular weight excluding hydrogens is 257 g/mol. The highest BCUT2D eigenvalue weighted by molar-refractivity contribution is 5.97. The summed E-state index contributed by atoms with van der Waals surface area (Å²) >= 11 is 0. The first-order valence-corrected chi connectivity index (χ1v) is 7.28. The number of carbonyl (C=O) groups excluding carboxylic acids is 1. The second-order valence-electron chi connectivity index (χ2n) is 5.88. The SMILES string of the molecule is COc1ccc(C(=O)CN(CC2CC2)C2CC2)cc1F. The van der Waals surface area contributed by atoms with Crippen LogP contribution in [-0.4, -0.2) is 36.9 Å². The number of Topliss-reactive ketones (excluding diaryl/α,β-unsaturated/α-hetero) is 1. The van der Waals surface area contributed by atoms with Crippen LogP contribution in [0.15, 0.2) is 18.2 Å². The zero-order chi connectivity index (χ0) is 14.1. The smallest absolute Gasteiger partial charge is 0.176 e. The van der Waals surface area contributed by atoms with Gasteiger partial charge in [0, 0.05) is 18.2 Å². The van der Waals surface area contributed by atoms with Crippen molar-refractivity contribution in [2.75, 3.05) is 20.2 Å². The molecule has 108 valence electrons. The zero-order valence-corrected chi connectivity index (χ0v) is 11.8. The quantitative estimate of drug-likeness (QED) is 0.718. The number of hydrogen-bond donors (Lipinski definition) is 0. The molecule has 4 heteroatoms.